The van der Waals surface area contributed by atoms with Gasteiger partial charge >= 0.3 is 0 Å². The zero-order valence-corrected chi connectivity index (χ0v) is 12.0. The van der Waals surface area contributed by atoms with E-state index >= 15 is 0 Å². The second kappa shape index (κ2) is 6.67. The number of carbonyl (C=O) groups is 1. The van der Waals surface area contributed by atoms with Crippen molar-refractivity contribution in [3.63, 3.8) is 0 Å². The molecule has 2 heterocycles. The Morgan fingerprint density at radius 2 is 2.35 bits per heavy atom. The molecule has 2 rings (SSSR count). The highest BCUT2D eigenvalue weighted by Gasteiger charge is 2.21. The fourth-order valence-corrected chi connectivity index (χ4v) is 2.37. The van der Waals surface area contributed by atoms with Crippen molar-refractivity contribution in [1.29, 1.82) is 0 Å². The van der Waals surface area contributed by atoms with Gasteiger partial charge in [0.15, 0.2) is 0 Å². The number of hydrogen-bond donors (Lipinski definition) is 3. The minimum Gasteiger partial charge on any atom is -0.378 e. The van der Waals surface area contributed by atoms with Crippen molar-refractivity contribution in [3.8, 4) is 0 Å². The molecule has 0 saturated carbocycles. The lowest BCUT2D eigenvalue weighted by molar-refractivity contribution is 0.0136. The molecular formula is C14H22N4O2. The summed E-state index contributed by atoms with van der Waals surface area (Å²) in [6, 6.07) is 3.63. The smallest absolute Gasteiger partial charge is 0.251 e. The Hall–Kier alpha value is -1.66. The van der Waals surface area contributed by atoms with Crippen LogP contribution in [-0.4, -0.2) is 29.6 Å². The number of hydrazine groups is 1. The van der Waals surface area contributed by atoms with Crippen molar-refractivity contribution >= 4 is 11.7 Å². The lowest BCUT2D eigenvalue weighted by Crippen LogP contribution is -2.41. The van der Waals surface area contributed by atoms with Crippen molar-refractivity contribution < 1.29 is 9.53 Å². The first-order valence-electron chi connectivity index (χ1n) is 7.02. The molecule has 1 aromatic rings. The monoisotopic (exact) mass is 278 g/mol. The molecule has 1 aliphatic heterocycles. The summed E-state index contributed by atoms with van der Waals surface area (Å²) in [5, 5.41) is 3.05. The van der Waals surface area contributed by atoms with Gasteiger partial charge in [-0.1, -0.05) is 6.92 Å². The number of anilines is 1. The summed E-state index contributed by atoms with van der Waals surface area (Å²) in [4.78, 5) is 16.6. The maximum absolute atomic E-state index is 12.3. The first kappa shape index (κ1) is 14.7. The predicted molar refractivity (Wildman–Crippen MR) is 77.3 cm³/mol. The Kier molecular flexibility index (Phi) is 4.92. The normalized spacial score (nSPS) is 22.4. The SMILES string of the molecule is CCc1cc(C(=O)NC2CCOC(C)C2)cc(NN)n1. The molecule has 0 bridgehead atoms. The van der Waals surface area contributed by atoms with Crippen LogP contribution < -0.4 is 16.6 Å². The molecule has 110 valence electrons. The quantitative estimate of drug-likeness (QED) is 0.569. The molecule has 1 fully saturated rings. The van der Waals surface area contributed by atoms with E-state index in [4.69, 9.17) is 10.6 Å². The van der Waals surface area contributed by atoms with Gasteiger partial charge < -0.3 is 15.5 Å². The number of amides is 1. The minimum atomic E-state index is -0.0855. The van der Waals surface area contributed by atoms with Crippen molar-refractivity contribution in [1.82, 2.24) is 10.3 Å². The predicted octanol–water partition coefficient (Wildman–Crippen LogP) is 1.23. The van der Waals surface area contributed by atoms with Crippen LogP contribution in [0.4, 0.5) is 5.82 Å². The Balaban J connectivity index is 2.08. The number of hydrogen-bond acceptors (Lipinski definition) is 5. The Morgan fingerprint density at radius 1 is 1.55 bits per heavy atom. The summed E-state index contributed by atoms with van der Waals surface area (Å²) >= 11 is 0. The number of nitrogens with two attached hydrogens (primary N) is 1. The number of carbonyl (C=O) groups excluding carboxylic acids is 1. The van der Waals surface area contributed by atoms with Crippen LogP contribution in [0, 0.1) is 0 Å². The van der Waals surface area contributed by atoms with Gasteiger partial charge in [0.05, 0.1) is 6.10 Å². The highest BCUT2D eigenvalue weighted by Crippen LogP contribution is 2.15. The van der Waals surface area contributed by atoms with Crippen LogP contribution in [-0.2, 0) is 11.2 Å². The molecule has 4 N–H and O–H groups in total. The van der Waals surface area contributed by atoms with Crippen LogP contribution in [0.15, 0.2) is 12.1 Å². The molecule has 1 amide bonds. The van der Waals surface area contributed by atoms with E-state index in [2.05, 4.69) is 15.7 Å². The number of nitrogens with one attached hydrogen (secondary N) is 2. The first-order valence-corrected chi connectivity index (χ1v) is 7.02. The first-order chi connectivity index (χ1) is 9.62. The van der Waals surface area contributed by atoms with Gasteiger partial charge in [0, 0.05) is 23.9 Å². The lowest BCUT2D eigenvalue weighted by Gasteiger charge is -2.28. The molecule has 0 radical (unpaired) electrons. The number of nitrogen functional groups attached to an aromatic ring is 1. The van der Waals surface area contributed by atoms with Crippen molar-refractivity contribution in [3.05, 3.63) is 23.4 Å². The largest absolute Gasteiger partial charge is 0.378 e. The molecule has 6 nitrogen and oxygen atoms in total. The Labute approximate surface area is 119 Å². The zero-order chi connectivity index (χ0) is 14.5. The van der Waals surface area contributed by atoms with Crippen LogP contribution in [0.2, 0.25) is 0 Å². The molecule has 1 saturated heterocycles. The van der Waals surface area contributed by atoms with Crippen LogP contribution >= 0.6 is 0 Å². The highest BCUT2D eigenvalue weighted by atomic mass is 16.5. The topological polar surface area (TPSA) is 89.3 Å². The van der Waals surface area contributed by atoms with E-state index in [0.717, 1.165) is 25.0 Å². The number of pyridine rings is 1. The van der Waals surface area contributed by atoms with Crippen LogP contribution in [0.25, 0.3) is 0 Å². The van der Waals surface area contributed by atoms with Crippen molar-refractivity contribution in [2.24, 2.45) is 5.84 Å². The molecule has 20 heavy (non-hydrogen) atoms. The second-order valence-corrected chi connectivity index (χ2v) is 5.11. The number of aromatic nitrogens is 1. The number of nitrogens with zero attached hydrogens (tertiary/aromatic N) is 1. The van der Waals surface area contributed by atoms with E-state index in [1.54, 1.807) is 12.1 Å². The number of ether oxygens (including phenoxy) is 1. The van der Waals surface area contributed by atoms with Gasteiger partial charge in [-0.2, -0.15) is 0 Å². The van der Waals surface area contributed by atoms with E-state index < -0.39 is 0 Å². The summed E-state index contributed by atoms with van der Waals surface area (Å²) in [5.74, 6) is 5.81. The van der Waals surface area contributed by atoms with E-state index in [1.165, 1.54) is 0 Å². The molecule has 0 aromatic carbocycles. The fourth-order valence-electron chi connectivity index (χ4n) is 2.37. The Morgan fingerprint density at radius 3 is 3.00 bits per heavy atom. The van der Waals surface area contributed by atoms with Crippen LogP contribution in [0.5, 0.6) is 0 Å². The van der Waals surface area contributed by atoms with Gasteiger partial charge in [-0.3, -0.25) is 4.79 Å². The van der Waals surface area contributed by atoms with Gasteiger partial charge in [-0.25, -0.2) is 10.8 Å². The lowest BCUT2D eigenvalue weighted by atomic mass is 10.0. The van der Waals surface area contributed by atoms with Crippen LogP contribution in [0.3, 0.4) is 0 Å². The average Bonchev–Trinajstić information content (AvgIpc) is 2.46. The van der Waals surface area contributed by atoms with E-state index in [1.807, 2.05) is 13.8 Å². The highest BCUT2D eigenvalue weighted by molar-refractivity contribution is 5.95. The number of aryl methyl sites for hydroxylation is 1. The molecule has 1 aliphatic rings. The zero-order valence-electron chi connectivity index (χ0n) is 12.0. The average molecular weight is 278 g/mol. The maximum atomic E-state index is 12.3. The van der Waals surface area contributed by atoms with Gasteiger partial charge in [0.25, 0.3) is 5.91 Å². The third-order valence-corrected chi connectivity index (χ3v) is 3.47. The van der Waals surface area contributed by atoms with Crippen molar-refractivity contribution in [2.45, 2.75) is 45.3 Å². The molecule has 2 atom stereocenters. The standard InChI is InChI=1S/C14H22N4O2/c1-3-11-7-10(8-13(16-11)18-15)14(19)17-12-4-5-20-9(2)6-12/h7-9,12H,3-6,15H2,1-2H3,(H,16,18)(H,17,19). The minimum absolute atomic E-state index is 0.0855. The van der Waals surface area contributed by atoms with Crippen molar-refractivity contribution in [2.75, 3.05) is 12.0 Å². The molecule has 2 unspecified atom stereocenters. The van der Waals surface area contributed by atoms with E-state index in [9.17, 15) is 4.79 Å². The Bertz CT molecular complexity index is 456. The third-order valence-electron chi connectivity index (χ3n) is 3.47. The van der Waals surface area contributed by atoms with Gasteiger partial charge in [-0.15, -0.1) is 0 Å². The summed E-state index contributed by atoms with van der Waals surface area (Å²) in [6.45, 7) is 4.71. The molecule has 1 aromatic heterocycles. The summed E-state index contributed by atoms with van der Waals surface area (Å²) in [6.07, 6.45) is 2.65. The molecule has 0 spiro atoms. The summed E-state index contributed by atoms with van der Waals surface area (Å²) in [5.41, 5.74) is 3.92. The molecule has 0 aliphatic carbocycles. The number of rotatable bonds is 4. The third kappa shape index (κ3) is 3.68. The fraction of sp³-hybridized carbons (Fsp3) is 0.571. The van der Waals surface area contributed by atoms with Gasteiger partial charge in [-0.05, 0) is 38.3 Å². The van der Waals surface area contributed by atoms with Crippen LogP contribution in [0.1, 0.15) is 42.7 Å². The van der Waals surface area contributed by atoms with Gasteiger partial charge in [0.1, 0.15) is 5.82 Å². The second-order valence-electron chi connectivity index (χ2n) is 5.11. The van der Waals surface area contributed by atoms with E-state index in [0.29, 0.717) is 18.0 Å². The maximum Gasteiger partial charge on any atom is 0.251 e. The molecular weight excluding hydrogens is 256 g/mol. The van der Waals surface area contributed by atoms with E-state index in [-0.39, 0.29) is 18.1 Å². The van der Waals surface area contributed by atoms with Gasteiger partial charge in [0.2, 0.25) is 0 Å². The molecule has 6 heteroatoms. The summed E-state index contributed by atoms with van der Waals surface area (Å²) in [7, 11) is 0. The summed E-state index contributed by atoms with van der Waals surface area (Å²) < 4.78 is 5.48.